The molecule has 8 heteroatoms. The predicted octanol–water partition coefficient (Wildman–Crippen LogP) is 2.74. The minimum Gasteiger partial charge on any atom is -0.379 e. The summed E-state index contributed by atoms with van der Waals surface area (Å²) in [7, 11) is 0. The Bertz CT molecular complexity index is 702. The summed E-state index contributed by atoms with van der Waals surface area (Å²) in [6, 6.07) is 8.24. The number of ether oxygens (including phenoxy) is 2. The highest BCUT2D eigenvalue weighted by Gasteiger charge is 2.15. The normalized spacial score (nSPS) is 16.6. The number of halogens is 1. The van der Waals surface area contributed by atoms with Crippen molar-refractivity contribution in [2.75, 3.05) is 32.9 Å². The summed E-state index contributed by atoms with van der Waals surface area (Å²) in [5, 5.41) is 6.68. The first-order chi connectivity index (χ1) is 13.4. The highest BCUT2D eigenvalue weighted by Crippen LogP contribution is 2.15. The molecule has 2 N–H and O–H groups in total. The topological polar surface area (TPSA) is 72.7 Å². The number of rotatable bonds is 9. The quantitative estimate of drug-likeness (QED) is 0.240. The summed E-state index contributed by atoms with van der Waals surface area (Å²) in [5.41, 5.74) is 2.25. The molecule has 1 atom stereocenters. The monoisotopic (exact) mass is 499 g/mol. The lowest BCUT2D eigenvalue weighted by atomic mass is 10.2. The summed E-state index contributed by atoms with van der Waals surface area (Å²) in [6.07, 6.45) is 7.75. The van der Waals surface area contributed by atoms with Crippen LogP contribution in [-0.4, -0.2) is 54.5 Å². The second kappa shape index (κ2) is 12.7. The van der Waals surface area contributed by atoms with Gasteiger partial charge in [-0.1, -0.05) is 18.2 Å². The minimum absolute atomic E-state index is 0. The van der Waals surface area contributed by atoms with Crippen molar-refractivity contribution in [1.29, 1.82) is 0 Å². The molecule has 3 rings (SSSR count). The molecule has 1 fully saturated rings. The minimum atomic E-state index is 0. The van der Waals surface area contributed by atoms with E-state index in [0.717, 1.165) is 63.0 Å². The molecule has 1 aliphatic heterocycles. The maximum Gasteiger partial charge on any atom is 0.191 e. The van der Waals surface area contributed by atoms with Crippen molar-refractivity contribution in [2.45, 2.75) is 32.4 Å². The van der Waals surface area contributed by atoms with Crippen LogP contribution < -0.4 is 10.6 Å². The molecule has 0 amide bonds. The summed E-state index contributed by atoms with van der Waals surface area (Å²) in [5.74, 6) is 0.821. The van der Waals surface area contributed by atoms with Crippen LogP contribution in [0.3, 0.4) is 0 Å². The van der Waals surface area contributed by atoms with Gasteiger partial charge in [-0.3, -0.25) is 0 Å². The Morgan fingerprint density at radius 3 is 3.00 bits per heavy atom. The zero-order chi connectivity index (χ0) is 18.7. The molecular weight excluding hydrogens is 469 g/mol. The van der Waals surface area contributed by atoms with Gasteiger partial charge in [-0.15, -0.1) is 24.0 Å². The lowest BCUT2D eigenvalue weighted by Gasteiger charge is -2.13. The largest absolute Gasteiger partial charge is 0.379 e. The van der Waals surface area contributed by atoms with Crippen LogP contribution in [-0.2, 0) is 16.0 Å². The fourth-order valence-electron chi connectivity index (χ4n) is 2.98. The molecule has 1 unspecified atom stereocenters. The molecule has 2 aromatic rings. The lowest BCUT2D eigenvalue weighted by Crippen LogP contribution is -2.38. The summed E-state index contributed by atoms with van der Waals surface area (Å²) < 4.78 is 13.1. The highest BCUT2D eigenvalue weighted by atomic mass is 127. The van der Waals surface area contributed by atoms with Crippen molar-refractivity contribution in [3.63, 3.8) is 0 Å². The third-order valence-electron chi connectivity index (χ3n) is 4.38. The Morgan fingerprint density at radius 1 is 1.36 bits per heavy atom. The molecule has 28 heavy (non-hydrogen) atoms. The standard InChI is InChI=1S/C20H29N5O2.HI/c1-2-22-20(23-9-5-12-27-18-8-13-26-15-18)24-14-17-6-3-4-7-19(17)25-11-10-21-16-25;/h3-4,6-7,10-11,16,18H,2,5,8-9,12-15H2,1H3,(H2,22,23,24);1H. The molecule has 1 aromatic carbocycles. The Hall–Kier alpha value is -1.65. The van der Waals surface area contributed by atoms with Gasteiger partial charge in [-0.05, 0) is 31.4 Å². The van der Waals surface area contributed by atoms with Gasteiger partial charge in [0, 0.05) is 38.7 Å². The van der Waals surface area contributed by atoms with Crippen molar-refractivity contribution in [3.8, 4) is 5.69 Å². The molecular formula is C20H30IN5O2. The maximum absolute atomic E-state index is 5.80. The zero-order valence-corrected chi connectivity index (χ0v) is 18.7. The highest BCUT2D eigenvalue weighted by molar-refractivity contribution is 14.0. The molecule has 0 saturated carbocycles. The molecule has 0 radical (unpaired) electrons. The van der Waals surface area contributed by atoms with E-state index in [0.29, 0.717) is 6.54 Å². The Morgan fingerprint density at radius 2 is 2.25 bits per heavy atom. The van der Waals surface area contributed by atoms with Crippen LogP contribution in [0, 0.1) is 0 Å². The third-order valence-corrected chi connectivity index (χ3v) is 4.38. The van der Waals surface area contributed by atoms with Gasteiger partial charge in [-0.2, -0.15) is 0 Å². The van der Waals surface area contributed by atoms with Gasteiger partial charge in [-0.25, -0.2) is 9.98 Å². The number of nitrogens with zero attached hydrogens (tertiary/aromatic N) is 3. The molecule has 7 nitrogen and oxygen atoms in total. The van der Waals surface area contributed by atoms with Crippen molar-refractivity contribution in [1.82, 2.24) is 20.2 Å². The van der Waals surface area contributed by atoms with Crippen molar-refractivity contribution in [3.05, 3.63) is 48.5 Å². The predicted molar refractivity (Wildman–Crippen MR) is 122 cm³/mol. The summed E-state index contributed by atoms with van der Waals surface area (Å²) in [4.78, 5) is 8.86. The van der Waals surface area contributed by atoms with Gasteiger partial charge in [0.05, 0.1) is 31.3 Å². The van der Waals surface area contributed by atoms with Crippen LogP contribution in [0.2, 0.25) is 0 Å². The SMILES string of the molecule is CCNC(=NCc1ccccc1-n1ccnc1)NCCCOC1CCOC1.I. The maximum atomic E-state index is 5.80. The first-order valence-corrected chi connectivity index (χ1v) is 9.64. The number of nitrogens with one attached hydrogen (secondary N) is 2. The van der Waals surface area contributed by atoms with Crippen LogP contribution in [0.25, 0.3) is 5.69 Å². The number of hydrogen-bond acceptors (Lipinski definition) is 4. The van der Waals surface area contributed by atoms with E-state index in [1.807, 2.05) is 22.9 Å². The van der Waals surface area contributed by atoms with Gasteiger partial charge in [0.15, 0.2) is 5.96 Å². The number of para-hydroxylation sites is 1. The van der Waals surface area contributed by atoms with Crippen LogP contribution in [0.15, 0.2) is 48.0 Å². The van der Waals surface area contributed by atoms with Crippen molar-refractivity contribution < 1.29 is 9.47 Å². The van der Waals surface area contributed by atoms with Crippen molar-refractivity contribution in [2.24, 2.45) is 4.99 Å². The molecule has 0 bridgehead atoms. The number of guanidine groups is 1. The number of benzene rings is 1. The number of aromatic nitrogens is 2. The van der Waals surface area contributed by atoms with Crippen molar-refractivity contribution >= 4 is 29.9 Å². The van der Waals surface area contributed by atoms with Gasteiger partial charge >= 0.3 is 0 Å². The Balaban J connectivity index is 0.00000280. The van der Waals surface area contributed by atoms with E-state index in [1.165, 1.54) is 0 Å². The van der Waals surface area contributed by atoms with E-state index in [-0.39, 0.29) is 30.1 Å². The summed E-state index contributed by atoms with van der Waals surface area (Å²) in [6.45, 7) is 6.60. The van der Waals surface area contributed by atoms with E-state index < -0.39 is 0 Å². The average molecular weight is 499 g/mol. The van der Waals surface area contributed by atoms with E-state index in [1.54, 1.807) is 12.5 Å². The number of aliphatic imine (C=N–C) groups is 1. The van der Waals surface area contributed by atoms with Crippen LogP contribution in [0.4, 0.5) is 0 Å². The molecule has 1 aromatic heterocycles. The number of imidazole rings is 1. The summed E-state index contributed by atoms with van der Waals surface area (Å²) >= 11 is 0. The van der Waals surface area contributed by atoms with Crippen LogP contribution in [0.5, 0.6) is 0 Å². The second-order valence-corrected chi connectivity index (χ2v) is 6.43. The van der Waals surface area contributed by atoms with Gasteiger partial charge < -0.3 is 24.7 Å². The van der Waals surface area contributed by atoms with Crippen LogP contribution in [0.1, 0.15) is 25.3 Å². The first kappa shape index (κ1) is 22.6. The molecule has 1 aliphatic rings. The molecule has 0 spiro atoms. The van der Waals surface area contributed by atoms with E-state index in [4.69, 9.17) is 14.5 Å². The third kappa shape index (κ3) is 7.06. The fourth-order valence-corrected chi connectivity index (χ4v) is 2.98. The van der Waals surface area contributed by atoms with Gasteiger partial charge in [0.25, 0.3) is 0 Å². The lowest BCUT2D eigenvalue weighted by molar-refractivity contribution is 0.0420. The van der Waals surface area contributed by atoms with E-state index in [2.05, 4.69) is 34.7 Å². The first-order valence-electron chi connectivity index (χ1n) is 9.64. The second-order valence-electron chi connectivity index (χ2n) is 6.43. The molecule has 1 saturated heterocycles. The van der Waals surface area contributed by atoms with Crippen LogP contribution >= 0.6 is 24.0 Å². The zero-order valence-electron chi connectivity index (χ0n) is 16.3. The molecule has 154 valence electrons. The smallest absolute Gasteiger partial charge is 0.191 e. The fraction of sp³-hybridized carbons (Fsp3) is 0.500. The van der Waals surface area contributed by atoms with E-state index in [9.17, 15) is 0 Å². The number of hydrogen-bond donors (Lipinski definition) is 2. The molecule has 2 heterocycles. The Kier molecular flexibility index (Phi) is 10.3. The van der Waals surface area contributed by atoms with E-state index >= 15 is 0 Å². The average Bonchev–Trinajstić information content (AvgIpc) is 3.40. The molecule has 0 aliphatic carbocycles. The van der Waals surface area contributed by atoms with Gasteiger partial charge in [0.2, 0.25) is 0 Å². The van der Waals surface area contributed by atoms with Gasteiger partial charge in [0.1, 0.15) is 0 Å². The Labute approximate surface area is 184 Å².